The molecule has 1 rings (SSSR count). The maximum absolute atomic E-state index is 10.6. The summed E-state index contributed by atoms with van der Waals surface area (Å²) in [6.45, 7) is 0. The van der Waals surface area contributed by atoms with Gasteiger partial charge >= 0.3 is 0 Å². The lowest BCUT2D eigenvalue weighted by molar-refractivity contribution is -0.298. The minimum Gasteiger partial charge on any atom is -0.544 e. The Kier molecular flexibility index (Phi) is 4.58. The van der Waals surface area contributed by atoms with Crippen LogP contribution in [-0.4, -0.2) is 20.2 Å². The predicted octanol–water partition coefficient (Wildman–Crippen LogP) is 1.01. The van der Waals surface area contributed by atoms with Crippen molar-refractivity contribution in [2.75, 3.05) is 14.2 Å². The van der Waals surface area contributed by atoms with Crippen LogP contribution in [0.5, 0.6) is 11.5 Å². The van der Waals surface area contributed by atoms with E-state index in [0.717, 1.165) is 6.08 Å². The van der Waals surface area contributed by atoms with E-state index in [1.165, 1.54) is 32.4 Å². The van der Waals surface area contributed by atoms with Crippen LogP contribution in [-0.2, 0) is 4.79 Å². The first-order valence-corrected chi connectivity index (χ1v) is 5.16. The van der Waals surface area contributed by atoms with Crippen molar-refractivity contribution in [2.45, 2.75) is 0 Å². The number of methoxy groups -OCH3 is 2. The topological polar surface area (TPSA) is 82.4 Å². The predicted molar refractivity (Wildman–Crippen MR) is 63.2 cm³/mol. The Bertz CT molecular complexity index is 546. The molecule has 0 bridgehead atoms. The molecule has 94 valence electrons. The van der Waals surface area contributed by atoms with Crippen molar-refractivity contribution >= 4 is 23.6 Å². The minimum absolute atomic E-state index is 0.249. The van der Waals surface area contributed by atoms with Crippen LogP contribution in [0.4, 0.5) is 0 Å². The number of rotatable bonds is 4. The number of nitriles is 1. The van der Waals surface area contributed by atoms with Crippen LogP contribution in [0.2, 0.25) is 5.02 Å². The van der Waals surface area contributed by atoms with Gasteiger partial charge in [-0.25, -0.2) is 0 Å². The number of hydrogen-bond donors (Lipinski definition) is 0. The summed E-state index contributed by atoms with van der Waals surface area (Å²) in [5.74, 6) is -0.876. The number of halogens is 1. The summed E-state index contributed by atoms with van der Waals surface area (Å²) >= 11 is 5.94. The van der Waals surface area contributed by atoms with Gasteiger partial charge < -0.3 is 19.4 Å². The molecule has 0 N–H and O–H groups in total. The highest BCUT2D eigenvalue weighted by molar-refractivity contribution is 6.32. The van der Waals surface area contributed by atoms with E-state index < -0.39 is 11.5 Å². The molecule has 0 unspecified atom stereocenters. The van der Waals surface area contributed by atoms with E-state index in [2.05, 4.69) is 0 Å². The van der Waals surface area contributed by atoms with Crippen LogP contribution in [0.15, 0.2) is 17.7 Å². The van der Waals surface area contributed by atoms with Gasteiger partial charge in [0.1, 0.15) is 6.07 Å². The Morgan fingerprint density at radius 2 is 2.11 bits per heavy atom. The standard InChI is InChI=1S/C12H10ClNO4/c1-17-10-5-7(3-8(6-14)12(15)16)4-9(13)11(10)18-2/h3-5H,1-2H3,(H,15,16)/p-1/b8-3+. The highest BCUT2D eigenvalue weighted by atomic mass is 35.5. The summed E-state index contributed by atoms with van der Waals surface area (Å²) in [4.78, 5) is 10.6. The molecule has 1 aromatic carbocycles. The number of hydrogen-bond acceptors (Lipinski definition) is 5. The Labute approximate surface area is 109 Å². The average Bonchev–Trinajstić information content (AvgIpc) is 2.34. The minimum atomic E-state index is -1.55. The molecule has 0 fully saturated rings. The number of carboxylic acid groups (broad SMARTS) is 1. The summed E-state index contributed by atoms with van der Waals surface area (Å²) in [5.41, 5.74) is -0.100. The third-order valence-electron chi connectivity index (χ3n) is 2.11. The molecule has 0 radical (unpaired) electrons. The zero-order valence-electron chi connectivity index (χ0n) is 9.69. The molecule has 5 nitrogen and oxygen atoms in total. The largest absolute Gasteiger partial charge is 0.544 e. The van der Waals surface area contributed by atoms with Crippen LogP contribution in [0.1, 0.15) is 5.56 Å². The molecule has 1 aromatic rings. The van der Waals surface area contributed by atoms with Gasteiger partial charge in [0.2, 0.25) is 0 Å². The molecule has 6 heteroatoms. The van der Waals surface area contributed by atoms with E-state index in [0.29, 0.717) is 17.1 Å². The van der Waals surface area contributed by atoms with Gasteiger partial charge in [0.15, 0.2) is 11.5 Å². The number of ether oxygens (including phenoxy) is 2. The highest BCUT2D eigenvalue weighted by Gasteiger charge is 2.10. The monoisotopic (exact) mass is 266 g/mol. The van der Waals surface area contributed by atoms with Gasteiger partial charge in [-0.2, -0.15) is 5.26 Å². The number of benzene rings is 1. The molecule has 0 heterocycles. The van der Waals surface area contributed by atoms with Crippen LogP contribution < -0.4 is 14.6 Å². The highest BCUT2D eigenvalue weighted by Crippen LogP contribution is 2.36. The van der Waals surface area contributed by atoms with Crippen molar-refractivity contribution in [3.63, 3.8) is 0 Å². The first kappa shape index (κ1) is 13.9. The van der Waals surface area contributed by atoms with Crippen molar-refractivity contribution in [1.82, 2.24) is 0 Å². The molecule has 0 amide bonds. The molecule has 0 aliphatic rings. The Morgan fingerprint density at radius 1 is 1.44 bits per heavy atom. The first-order valence-electron chi connectivity index (χ1n) is 4.78. The molecule has 18 heavy (non-hydrogen) atoms. The average molecular weight is 267 g/mol. The summed E-state index contributed by atoms with van der Waals surface area (Å²) in [7, 11) is 2.85. The van der Waals surface area contributed by atoms with Gasteiger partial charge in [0, 0.05) is 0 Å². The number of aliphatic carboxylic acids is 1. The van der Waals surface area contributed by atoms with Crippen molar-refractivity contribution < 1.29 is 19.4 Å². The van der Waals surface area contributed by atoms with Gasteiger partial charge in [-0.1, -0.05) is 11.6 Å². The quantitative estimate of drug-likeness (QED) is 0.600. The molecule has 0 saturated carbocycles. The summed E-state index contributed by atoms with van der Waals surface area (Å²) in [5, 5.41) is 19.5. The maximum atomic E-state index is 10.6. The summed E-state index contributed by atoms with van der Waals surface area (Å²) in [6.07, 6.45) is 1.14. The number of carbonyl (C=O) groups is 1. The normalized spacial score (nSPS) is 10.7. The summed E-state index contributed by atoms with van der Waals surface area (Å²) in [6, 6.07) is 4.49. The second kappa shape index (κ2) is 5.94. The fourth-order valence-corrected chi connectivity index (χ4v) is 1.62. The van der Waals surface area contributed by atoms with Gasteiger partial charge in [-0.3, -0.25) is 0 Å². The second-order valence-electron chi connectivity index (χ2n) is 3.20. The zero-order valence-corrected chi connectivity index (χ0v) is 10.4. The molecular weight excluding hydrogens is 258 g/mol. The third kappa shape index (κ3) is 2.93. The number of carboxylic acids is 1. The smallest absolute Gasteiger partial charge is 0.179 e. The van der Waals surface area contributed by atoms with E-state index in [9.17, 15) is 9.90 Å². The lowest BCUT2D eigenvalue weighted by Crippen LogP contribution is -2.23. The molecule has 0 spiro atoms. The van der Waals surface area contributed by atoms with E-state index in [1.807, 2.05) is 0 Å². The molecule has 0 aliphatic heterocycles. The Morgan fingerprint density at radius 3 is 2.56 bits per heavy atom. The van der Waals surface area contributed by atoms with Crippen molar-refractivity contribution in [2.24, 2.45) is 0 Å². The molecule has 0 aliphatic carbocycles. The van der Waals surface area contributed by atoms with Crippen molar-refractivity contribution in [1.29, 1.82) is 5.26 Å². The second-order valence-corrected chi connectivity index (χ2v) is 3.60. The lowest BCUT2D eigenvalue weighted by atomic mass is 10.1. The maximum Gasteiger partial charge on any atom is 0.179 e. The molecule has 0 saturated heterocycles. The van der Waals surface area contributed by atoms with Crippen LogP contribution >= 0.6 is 11.6 Å². The van der Waals surface area contributed by atoms with Crippen LogP contribution in [0.3, 0.4) is 0 Å². The van der Waals surface area contributed by atoms with Gasteiger partial charge in [-0.15, -0.1) is 0 Å². The third-order valence-corrected chi connectivity index (χ3v) is 2.39. The molecular formula is C12H9ClNO4-. The van der Waals surface area contributed by atoms with E-state index in [4.69, 9.17) is 26.3 Å². The van der Waals surface area contributed by atoms with E-state index in [1.54, 1.807) is 0 Å². The Hall–Kier alpha value is -2.19. The van der Waals surface area contributed by atoms with E-state index in [-0.39, 0.29) is 5.02 Å². The van der Waals surface area contributed by atoms with Crippen molar-refractivity contribution in [3.8, 4) is 17.6 Å². The zero-order chi connectivity index (χ0) is 13.7. The SMILES string of the molecule is COc1cc(/C=C(\C#N)C(=O)[O-])cc(Cl)c1OC. The Balaban J connectivity index is 3.33. The lowest BCUT2D eigenvalue weighted by Gasteiger charge is -2.10. The van der Waals surface area contributed by atoms with Gasteiger partial charge in [0.05, 0.1) is 30.8 Å². The van der Waals surface area contributed by atoms with Crippen LogP contribution in [0, 0.1) is 11.3 Å². The van der Waals surface area contributed by atoms with Gasteiger partial charge in [-0.05, 0) is 23.8 Å². The first-order chi connectivity index (χ1) is 8.53. The number of carbonyl (C=O) groups excluding carboxylic acids is 1. The molecule has 0 aromatic heterocycles. The van der Waals surface area contributed by atoms with Gasteiger partial charge in [0.25, 0.3) is 0 Å². The van der Waals surface area contributed by atoms with Crippen molar-refractivity contribution in [3.05, 3.63) is 28.3 Å². The van der Waals surface area contributed by atoms with Crippen LogP contribution in [0.25, 0.3) is 6.08 Å². The molecule has 0 atom stereocenters. The summed E-state index contributed by atoms with van der Waals surface area (Å²) < 4.78 is 10.1. The number of nitrogens with zero attached hydrogens (tertiary/aromatic N) is 1. The fraction of sp³-hybridized carbons (Fsp3) is 0.167. The van der Waals surface area contributed by atoms with E-state index >= 15 is 0 Å². The fourth-order valence-electron chi connectivity index (χ4n) is 1.32.